The van der Waals surface area contributed by atoms with E-state index in [1.54, 1.807) is 34.7 Å². The highest BCUT2D eigenvalue weighted by molar-refractivity contribution is 7.91. The number of hydrogen-bond acceptors (Lipinski definition) is 4. The third kappa shape index (κ3) is 2.81. The third-order valence-electron chi connectivity index (χ3n) is 3.69. The van der Waals surface area contributed by atoms with Gasteiger partial charge in [0.2, 0.25) is 0 Å². The summed E-state index contributed by atoms with van der Waals surface area (Å²) in [5, 5.41) is 1.75. The van der Waals surface area contributed by atoms with E-state index in [9.17, 15) is 13.2 Å². The molecule has 3 heterocycles. The lowest BCUT2D eigenvalue weighted by Gasteiger charge is -2.33. The van der Waals surface area contributed by atoms with Crippen LogP contribution in [0.3, 0.4) is 0 Å². The molecule has 118 valence electrons. The summed E-state index contributed by atoms with van der Waals surface area (Å²) in [5.41, 5.74) is 0.636. The molecule has 1 fully saturated rings. The van der Waals surface area contributed by atoms with Gasteiger partial charge in [-0.3, -0.25) is 4.79 Å². The van der Waals surface area contributed by atoms with Crippen LogP contribution in [0.2, 0.25) is 0 Å². The number of aromatic nitrogens is 1. The molecule has 0 atom stereocenters. The lowest BCUT2D eigenvalue weighted by Crippen LogP contribution is -2.50. The van der Waals surface area contributed by atoms with Gasteiger partial charge >= 0.3 is 0 Å². The van der Waals surface area contributed by atoms with Gasteiger partial charge in [0, 0.05) is 45.6 Å². The summed E-state index contributed by atoms with van der Waals surface area (Å²) in [6.45, 7) is 1.49. The van der Waals surface area contributed by atoms with E-state index in [4.69, 9.17) is 0 Å². The molecule has 6 nitrogen and oxygen atoms in total. The van der Waals surface area contributed by atoms with Crippen molar-refractivity contribution in [1.29, 1.82) is 0 Å². The van der Waals surface area contributed by atoms with Gasteiger partial charge in [-0.2, -0.15) is 4.31 Å². The minimum Gasteiger partial charge on any atom is -0.356 e. The van der Waals surface area contributed by atoms with Crippen molar-refractivity contribution in [3.05, 3.63) is 41.5 Å². The monoisotopic (exact) mass is 339 g/mol. The molecular weight excluding hydrogens is 322 g/mol. The summed E-state index contributed by atoms with van der Waals surface area (Å²) < 4.78 is 28.5. The Morgan fingerprint density at radius 2 is 1.91 bits per heavy atom. The lowest BCUT2D eigenvalue weighted by atomic mass is 10.2. The van der Waals surface area contributed by atoms with E-state index in [0.717, 1.165) is 0 Å². The first-order valence-corrected chi connectivity index (χ1v) is 9.25. The van der Waals surface area contributed by atoms with Gasteiger partial charge in [0.15, 0.2) is 0 Å². The molecule has 0 radical (unpaired) electrons. The topological polar surface area (TPSA) is 62.6 Å². The maximum Gasteiger partial charge on any atom is 0.255 e. The van der Waals surface area contributed by atoms with E-state index < -0.39 is 10.0 Å². The zero-order valence-corrected chi connectivity index (χ0v) is 13.8. The van der Waals surface area contributed by atoms with Crippen LogP contribution < -0.4 is 0 Å². The van der Waals surface area contributed by atoms with E-state index in [0.29, 0.717) is 36.0 Å². The third-order valence-corrected chi connectivity index (χ3v) is 6.97. The van der Waals surface area contributed by atoms with Crippen molar-refractivity contribution in [2.75, 3.05) is 26.2 Å². The maximum absolute atomic E-state index is 12.4. The molecule has 0 bridgehead atoms. The Morgan fingerprint density at radius 3 is 2.45 bits per heavy atom. The number of carbonyl (C=O) groups excluding carboxylic acids is 1. The Labute approximate surface area is 133 Å². The second kappa shape index (κ2) is 5.86. The predicted molar refractivity (Wildman–Crippen MR) is 84.4 cm³/mol. The summed E-state index contributed by atoms with van der Waals surface area (Å²) in [6.07, 6.45) is 3.60. The van der Waals surface area contributed by atoms with Crippen LogP contribution in [0.4, 0.5) is 0 Å². The van der Waals surface area contributed by atoms with Gasteiger partial charge in [0.05, 0.1) is 5.56 Å². The quantitative estimate of drug-likeness (QED) is 0.845. The van der Waals surface area contributed by atoms with E-state index in [1.807, 2.05) is 17.8 Å². The molecule has 8 heteroatoms. The smallest absolute Gasteiger partial charge is 0.255 e. The second-order valence-corrected chi connectivity index (χ2v) is 8.31. The number of nitrogens with zero attached hydrogens (tertiary/aromatic N) is 3. The van der Waals surface area contributed by atoms with Gasteiger partial charge in [0.1, 0.15) is 4.21 Å². The van der Waals surface area contributed by atoms with Crippen molar-refractivity contribution < 1.29 is 13.2 Å². The van der Waals surface area contributed by atoms with Crippen molar-refractivity contribution in [2.24, 2.45) is 7.05 Å². The summed E-state index contributed by atoms with van der Waals surface area (Å²) in [6, 6.07) is 5.12. The Hall–Kier alpha value is -1.64. The Balaban J connectivity index is 1.67. The molecule has 0 aromatic carbocycles. The number of thiophene rings is 1. The molecule has 1 aliphatic heterocycles. The highest BCUT2D eigenvalue weighted by Crippen LogP contribution is 2.22. The molecule has 0 saturated carbocycles. The fourth-order valence-corrected chi connectivity index (χ4v) is 5.05. The van der Waals surface area contributed by atoms with Crippen LogP contribution in [0.1, 0.15) is 10.4 Å². The number of rotatable bonds is 3. The fraction of sp³-hybridized carbons (Fsp3) is 0.357. The Bertz CT molecular complexity index is 757. The molecule has 3 rings (SSSR count). The molecule has 1 saturated heterocycles. The standard InChI is InChI=1S/C14H17N3O3S2/c1-15-5-4-12(11-15)14(18)16-6-8-17(9-7-16)22(19,20)13-3-2-10-21-13/h2-5,10-11H,6-9H2,1H3. The minimum absolute atomic E-state index is 0.0474. The van der Waals surface area contributed by atoms with Crippen LogP contribution >= 0.6 is 11.3 Å². The maximum atomic E-state index is 12.4. The Morgan fingerprint density at radius 1 is 1.18 bits per heavy atom. The van der Waals surface area contributed by atoms with Crippen LogP contribution in [0.5, 0.6) is 0 Å². The average Bonchev–Trinajstić information content (AvgIpc) is 3.18. The SMILES string of the molecule is Cn1ccc(C(=O)N2CCN(S(=O)(=O)c3cccs3)CC2)c1. The first kappa shape index (κ1) is 15.3. The molecule has 22 heavy (non-hydrogen) atoms. The molecule has 0 aliphatic carbocycles. The predicted octanol–water partition coefficient (Wildman–Crippen LogP) is 1.23. The van der Waals surface area contributed by atoms with E-state index in [-0.39, 0.29) is 5.91 Å². The van der Waals surface area contributed by atoms with Crippen LogP contribution in [0.25, 0.3) is 0 Å². The normalized spacial score (nSPS) is 16.9. The molecule has 2 aromatic heterocycles. The molecule has 2 aromatic rings. The number of piperazine rings is 1. The van der Waals surface area contributed by atoms with Crippen molar-refractivity contribution in [3.63, 3.8) is 0 Å². The average molecular weight is 339 g/mol. The van der Waals surface area contributed by atoms with Gasteiger partial charge in [-0.25, -0.2) is 8.42 Å². The van der Waals surface area contributed by atoms with Gasteiger partial charge < -0.3 is 9.47 Å². The summed E-state index contributed by atoms with van der Waals surface area (Å²) in [7, 11) is -1.56. The molecule has 1 aliphatic rings. The molecule has 0 spiro atoms. The summed E-state index contributed by atoms with van der Waals surface area (Å²) in [5.74, 6) is -0.0474. The highest BCUT2D eigenvalue weighted by Gasteiger charge is 2.31. The van der Waals surface area contributed by atoms with Crippen LogP contribution in [0.15, 0.2) is 40.2 Å². The fourth-order valence-electron chi connectivity index (χ4n) is 2.48. The number of carbonyl (C=O) groups is 1. The largest absolute Gasteiger partial charge is 0.356 e. The van der Waals surface area contributed by atoms with Crippen LogP contribution in [0, 0.1) is 0 Å². The van der Waals surface area contributed by atoms with Gasteiger partial charge in [0.25, 0.3) is 15.9 Å². The van der Waals surface area contributed by atoms with Crippen LogP contribution in [-0.2, 0) is 17.1 Å². The number of aryl methyl sites for hydroxylation is 1. The molecular formula is C14H17N3O3S2. The van der Waals surface area contributed by atoms with Crippen molar-refractivity contribution in [1.82, 2.24) is 13.8 Å². The lowest BCUT2D eigenvalue weighted by molar-refractivity contribution is 0.0698. The minimum atomic E-state index is -3.42. The van der Waals surface area contributed by atoms with Crippen molar-refractivity contribution in [3.8, 4) is 0 Å². The van der Waals surface area contributed by atoms with Gasteiger partial charge in [-0.1, -0.05) is 6.07 Å². The van der Waals surface area contributed by atoms with Gasteiger partial charge in [-0.15, -0.1) is 11.3 Å². The zero-order chi connectivity index (χ0) is 15.7. The van der Waals surface area contributed by atoms with Gasteiger partial charge in [-0.05, 0) is 17.5 Å². The molecule has 1 amide bonds. The highest BCUT2D eigenvalue weighted by atomic mass is 32.2. The summed E-state index contributed by atoms with van der Waals surface area (Å²) in [4.78, 5) is 14.0. The number of hydrogen-bond donors (Lipinski definition) is 0. The Kier molecular flexibility index (Phi) is 4.07. The van der Waals surface area contributed by atoms with E-state index in [2.05, 4.69) is 0 Å². The number of sulfonamides is 1. The first-order valence-electron chi connectivity index (χ1n) is 6.93. The van der Waals surface area contributed by atoms with Crippen molar-refractivity contribution in [2.45, 2.75) is 4.21 Å². The van der Waals surface area contributed by atoms with Crippen LogP contribution in [-0.4, -0.2) is 54.3 Å². The molecule has 0 N–H and O–H groups in total. The number of amides is 1. The first-order chi connectivity index (χ1) is 10.5. The zero-order valence-electron chi connectivity index (χ0n) is 12.2. The van der Waals surface area contributed by atoms with E-state index in [1.165, 1.54) is 15.6 Å². The van der Waals surface area contributed by atoms with Crippen molar-refractivity contribution >= 4 is 27.3 Å². The second-order valence-electron chi connectivity index (χ2n) is 5.19. The van der Waals surface area contributed by atoms with E-state index >= 15 is 0 Å². The summed E-state index contributed by atoms with van der Waals surface area (Å²) >= 11 is 1.22. The molecule has 0 unspecified atom stereocenters.